The molecule has 104 valence electrons. The van der Waals surface area contributed by atoms with Crippen LogP contribution < -0.4 is 0 Å². The molecule has 1 saturated heterocycles. The maximum atomic E-state index is 9.19. The van der Waals surface area contributed by atoms with Gasteiger partial charge in [0.15, 0.2) is 0 Å². The molecule has 2 rings (SSSR count). The summed E-state index contributed by atoms with van der Waals surface area (Å²) in [5, 5.41) is 9.19. The third-order valence-corrected chi connectivity index (χ3v) is 3.73. The molecule has 1 atom stereocenters. The highest BCUT2D eigenvalue weighted by molar-refractivity contribution is 5.05. The first-order valence-electron chi connectivity index (χ1n) is 7.14. The van der Waals surface area contributed by atoms with Crippen LogP contribution in [0.3, 0.4) is 0 Å². The molecule has 0 aliphatic carbocycles. The van der Waals surface area contributed by atoms with E-state index >= 15 is 0 Å². The Hall–Kier alpha value is -1.31. The van der Waals surface area contributed by atoms with E-state index in [1.807, 2.05) is 13.0 Å². The molecule has 0 radical (unpaired) electrons. The normalized spacial score (nSPS) is 19.2. The van der Waals surface area contributed by atoms with Crippen LogP contribution in [-0.4, -0.2) is 42.0 Å². The summed E-state index contributed by atoms with van der Waals surface area (Å²) in [6.07, 6.45) is 2.05. The van der Waals surface area contributed by atoms with E-state index in [2.05, 4.69) is 28.9 Å². The Morgan fingerprint density at radius 3 is 2.58 bits per heavy atom. The van der Waals surface area contributed by atoms with Gasteiger partial charge < -0.3 is 4.42 Å². The van der Waals surface area contributed by atoms with Crippen LogP contribution in [0.1, 0.15) is 31.3 Å². The molecule has 2 heterocycles. The van der Waals surface area contributed by atoms with Crippen molar-refractivity contribution in [1.29, 1.82) is 5.26 Å². The average Bonchev–Trinajstić information content (AvgIpc) is 2.82. The quantitative estimate of drug-likeness (QED) is 0.816. The van der Waals surface area contributed by atoms with Gasteiger partial charge in [0, 0.05) is 26.2 Å². The second kappa shape index (κ2) is 6.74. The van der Waals surface area contributed by atoms with Gasteiger partial charge in [-0.2, -0.15) is 5.26 Å². The molecule has 1 fully saturated rings. The topological polar surface area (TPSA) is 43.4 Å². The Bertz CT molecular complexity index is 427. The second-order valence-electron chi connectivity index (χ2n) is 5.26. The van der Waals surface area contributed by atoms with E-state index in [0.29, 0.717) is 0 Å². The van der Waals surface area contributed by atoms with Gasteiger partial charge in [-0.1, -0.05) is 13.3 Å². The summed E-state index contributed by atoms with van der Waals surface area (Å²) in [7, 11) is 0. The first-order valence-corrected chi connectivity index (χ1v) is 7.14. The highest BCUT2D eigenvalue weighted by Crippen LogP contribution is 2.14. The van der Waals surface area contributed by atoms with Crippen LogP contribution in [-0.2, 0) is 6.54 Å². The fourth-order valence-corrected chi connectivity index (χ4v) is 2.63. The van der Waals surface area contributed by atoms with Crippen LogP contribution >= 0.6 is 0 Å². The molecule has 1 aliphatic heterocycles. The minimum atomic E-state index is 0.0954. The zero-order valence-corrected chi connectivity index (χ0v) is 11.9. The molecule has 1 aromatic heterocycles. The molecule has 0 amide bonds. The minimum absolute atomic E-state index is 0.0954. The number of hydrogen-bond donors (Lipinski definition) is 0. The fourth-order valence-electron chi connectivity index (χ4n) is 2.63. The molecule has 1 aromatic rings. The Labute approximate surface area is 115 Å². The second-order valence-corrected chi connectivity index (χ2v) is 5.26. The van der Waals surface area contributed by atoms with Gasteiger partial charge in [-0.15, -0.1) is 0 Å². The van der Waals surface area contributed by atoms with Crippen molar-refractivity contribution in [1.82, 2.24) is 9.80 Å². The fraction of sp³-hybridized carbons (Fsp3) is 0.667. The van der Waals surface area contributed by atoms with E-state index < -0.39 is 0 Å². The number of nitrogens with zero attached hydrogens (tertiary/aromatic N) is 3. The zero-order chi connectivity index (χ0) is 13.7. The van der Waals surface area contributed by atoms with Crippen molar-refractivity contribution < 1.29 is 4.42 Å². The standard InChI is InChI=1S/C15H23N3O/c1-3-4-14(11-16)18-9-7-17(8-10-18)12-15-6-5-13(2)19-15/h5-6,14H,3-4,7-10,12H2,1-2H3. The van der Waals surface area contributed by atoms with Crippen LogP contribution in [0.5, 0.6) is 0 Å². The lowest BCUT2D eigenvalue weighted by molar-refractivity contribution is 0.101. The maximum Gasteiger partial charge on any atom is 0.118 e. The van der Waals surface area contributed by atoms with Crippen LogP contribution in [0.2, 0.25) is 0 Å². The van der Waals surface area contributed by atoms with Gasteiger partial charge in [-0.25, -0.2) is 0 Å². The molecule has 0 spiro atoms. The van der Waals surface area contributed by atoms with Gasteiger partial charge in [0.25, 0.3) is 0 Å². The molecule has 0 aromatic carbocycles. The summed E-state index contributed by atoms with van der Waals surface area (Å²) in [6, 6.07) is 6.59. The molecular formula is C15H23N3O. The molecule has 4 heteroatoms. The van der Waals surface area contributed by atoms with E-state index in [-0.39, 0.29) is 6.04 Å². The third kappa shape index (κ3) is 3.82. The van der Waals surface area contributed by atoms with Gasteiger partial charge in [-0.05, 0) is 25.5 Å². The van der Waals surface area contributed by atoms with Crippen molar-refractivity contribution in [3.8, 4) is 6.07 Å². The van der Waals surface area contributed by atoms with E-state index in [9.17, 15) is 5.26 Å². The van der Waals surface area contributed by atoms with Gasteiger partial charge in [-0.3, -0.25) is 9.80 Å². The molecule has 0 bridgehead atoms. The van der Waals surface area contributed by atoms with Crippen LogP contribution in [0.25, 0.3) is 0 Å². The number of rotatable bonds is 5. The number of furan rings is 1. The van der Waals surface area contributed by atoms with Gasteiger partial charge in [0.2, 0.25) is 0 Å². The lowest BCUT2D eigenvalue weighted by atomic mass is 10.1. The van der Waals surface area contributed by atoms with Crippen LogP contribution in [0.15, 0.2) is 16.5 Å². The van der Waals surface area contributed by atoms with E-state index in [4.69, 9.17) is 4.42 Å². The predicted octanol–water partition coefficient (Wildman–Crippen LogP) is 2.40. The lowest BCUT2D eigenvalue weighted by Gasteiger charge is -2.36. The minimum Gasteiger partial charge on any atom is -0.465 e. The van der Waals surface area contributed by atoms with Crippen molar-refractivity contribution in [2.24, 2.45) is 0 Å². The highest BCUT2D eigenvalue weighted by Gasteiger charge is 2.23. The molecule has 1 unspecified atom stereocenters. The molecular weight excluding hydrogens is 238 g/mol. The summed E-state index contributed by atoms with van der Waals surface area (Å²) in [4.78, 5) is 4.71. The van der Waals surface area contributed by atoms with E-state index in [1.54, 1.807) is 0 Å². The Kier molecular flexibility index (Phi) is 5.00. The summed E-state index contributed by atoms with van der Waals surface area (Å²) in [5.74, 6) is 2.01. The van der Waals surface area contributed by atoms with Crippen molar-refractivity contribution in [3.05, 3.63) is 23.7 Å². The van der Waals surface area contributed by atoms with Gasteiger partial charge in [0.1, 0.15) is 11.5 Å². The number of nitriles is 1. The predicted molar refractivity (Wildman–Crippen MR) is 74.6 cm³/mol. The molecule has 0 saturated carbocycles. The third-order valence-electron chi connectivity index (χ3n) is 3.73. The summed E-state index contributed by atoms with van der Waals surface area (Å²) >= 11 is 0. The van der Waals surface area contributed by atoms with E-state index in [1.165, 1.54) is 0 Å². The molecule has 4 nitrogen and oxygen atoms in total. The number of aryl methyl sites for hydroxylation is 1. The summed E-state index contributed by atoms with van der Waals surface area (Å²) in [6.45, 7) is 9.00. The average molecular weight is 261 g/mol. The van der Waals surface area contributed by atoms with Crippen LogP contribution in [0.4, 0.5) is 0 Å². The number of piperazine rings is 1. The van der Waals surface area contributed by atoms with Crippen molar-refractivity contribution >= 4 is 0 Å². The Morgan fingerprint density at radius 1 is 1.32 bits per heavy atom. The lowest BCUT2D eigenvalue weighted by Crippen LogP contribution is -2.49. The SMILES string of the molecule is CCCC(C#N)N1CCN(Cc2ccc(C)o2)CC1. The smallest absolute Gasteiger partial charge is 0.118 e. The monoisotopic (exact) mass is 261 g/mol. The molecule has 0 N–H and O–H groups in total. The highest BCUT2D eigenvalue weighted by atomic mass is 16.3. The van der Waals surface area contributed by atoms with Crippen molar-refractivity contribution in [2.75, 3.05) is 26.2 Å². The number of hydrogen-bond acceptors (Lipinski definition) is 4. The largest absolute Gasteiger partial charge is 0.465 e. The summed E-state index contributed by atoms with van der Waals surface area (Å²) < 4.78 is 5.61. The zero-order valence-electron chi connectivity index (χ0n) is 11.9. The first-order chi connectivity index (χ1) is 9.22. The maximum absolute atomic E-state index is 9.19. The van der Waals surface area contributed by atoms with Gasteiger partial charge in [0.05, 0.1) is 18.7 Å². The molecule has 19 heavy (non-hydrogen) atoms. The van der Waals surface area contributed by atoms with Crippen molar-refractivity contribution in [2.45, 2.75) is 39.3 Å². The summed E-state index contributed by atoms with van der Waals surface area (Å²) in [5.41, 5.74) is 0. The first kappa shape index (κ1) is 14.1. The van der Waals surface area contributed by atoms with Gasteiger partial charge >= 0.3 is 0 Å². The van der Waals surface area contributed by atoms with E-state index in [0.717, 1.165) is 57.1 Å². The Balaban J connectivity index is 1.80. The molecule has 1 aliphatic rings. The Morgan fingerprint density at radius 2 is 2.05 bits per heavy atom. The van der Waals surface area contributed by atoms with Crippen LogP contribution in [0, 0.1) is 18.3 Å². The van der Waals surface area contributed by atoms with Crippen molar-refractivity contribution in [3.63, 3.8) is 0 Å².